The largest absolute Gasteiger partial charge is 0.469 e. The highest BCUT2D eigenvalue weighted by Crippen LogP contribution is 2.25. The molecule has 2 aromatic rings. The van der Waals surface area contributed by atoms with Gasteiger partial charge in [0.2, 0.25) is 0 Å². The zero-order valence-electron chi connectivity index (χ0n) is 17.4. The molecule has 2 atom stereocenters. The molecule has 0 radical (unpaired) electrons. The summed E-state index contributed by atoms with van der Waals surface area (Å²) in [6, 6.07) is 8.13. The summed E-state index contributed by atoms with van der Waals surface area (Å²) in [6.45, 7) is 6.22. The number of guanidine groups is 1. The molecule has 4 heterocycles. The van der Waals surface area contributed by atoms with Gasteiger partial charge in [0.25, 0.3) is 0 Å². The van der Waals surface area contributed by atoms with Gasteiger partial charge in [-0.15, -0.1) is 24.0 Å². The zero-order chi connectivity index (χ0) is 19.7. The van der Waals surface area contributed by atoms with Gasteiger partial charge >= 0.3 is 0 Å². The van der Waals surface area contributed by atoms with Gasteiger partial charge in [0.05, 0.1) is 31.7 Å². The third kappa shape index (κ3) is 6.75. The highest BCUT2D eigenvalue weighted by atomic mass is 127. The fourth-order valence-corrected chi connectivity index (χ4v) is 4.02. The van der Waals surface area contributed by atoms with E-state index in [9.17, 15) is 0 Å². The number of rotatable bonds is 9. The molecule has 2 unspecified atom stereocenters. The van der Waals surface area contributed by atoms with Crippen molar-refractivity contribution >= 4 is 29.9 Å². The second-order valence-electron chi connectivity index (χ2n) is 7.83. The smallest absolute Gasteiger partial charge is 0.191 e. The Morgan fingerprint density at radius 1 is 1.13 bits per heavy atom. The van der Waals surface area contributed by atoms with E-state index < -0.39 is 0 Å². The van der Waals surface area contributed by atoms with Crippen molar-refractivity contribution in [2.45, 2.75) is 31.7 Å². The molecule has 30 heavy (non-hydrogen) atoms. The van der Waals surface area contributed by atoms with E-state index >= 15 is 0 Å². The first-order valence-corrected chi connectivity index (χ1v) is 10.8. The van der Waals surface area contributed by atoms with E-state index in [1.807, 2.05) is 18.2 Å². The number of ether oxygens (including phenoxy) is 1. The van der Waals surface area contributed by atoms with Crippen LogP contribution in [0.2, 0.25) is 0 Å². The molecular formula is C22H33IN4O3. The Kier molecular flexibility index (Phi) is 9.54. The van der Waals surface area contributed by atoms with Crippen LogP contribution < -0.4 is 10.6 Å². The number of furan rings is 2. The number of likely N-dealkylation sites (tertiary alicyclic amines) is 1. The van der Waals surface area contributed by atoms with Crippen molar-refractivity contribution in [3.05, 3.63) is 48.3 Å². The molecule has 0 saturated carbocycles. The molecule has 4 rings (SSSR count). The summed E-state index contributed by atoms with van der Waals surface area (Å²) in [5.74, 6) is 3.37. The van der Waals surface area contributed by atoms with Gasteiger partial charge in [-0.05, 0) is 56.6 Å². The van der Waals surface area contributed by atoms with Crippen LogP contribution in [0.3, 0.4) is 0 Å². The van der Waals surface area contributed by atoms with E-state index in [0.717, 1.165) is 69.7 Å². The van der Waals surface area contributed by atoms with E-state index in [2.05, 4.69) is 21.6 Å². The Morgan fingerprint density at radius 3 is 2.67 bits per heavy atom. The Labute approximate surface area is 195 Å². The standard InChI is InChI=1S/C22H32N4O3.HI/c1-2-11-26(10-1)20(21-6-4-13-29-21)16-25-22(24-15-18-8-14-27-17-18)23-9-7-19-5-3-12-28-19;/h3-6,12-13,18,20H,1-2,7-11,14-17H2,(H2,23,24,25);1H. The minimum atomic E-state index is 0. The van der Waals surface area contributed by atoms with Crippen LogP contribution in [0, 0.1) is 5.92 Å². The van der Waals surface area contributed by atoms with Crippen LogP contribution in [-0.2, 0) is 11.2 Å². The SMILES string of the molecule is I.c1coc(CCNC(=NCC(c2ccco2)N2CCCC2)NCC2CCOC2)c1. The lowest BCUT2D eigenvalue weighted by Gasteiger charge is -2.25. The van der Waals surface area contributed by atoms with E-state index in [1.54, 1.807) is 12.5 Å². The normalized spacial score (nSPS) is 20.8. The Balaban J connectivity index is 0.00000256. The van der Waals surface area contributed by atoms with Gasteiger partial charge in [-0.2, -0.15) is 0 Å². The summed E-state index contributed by atoms with van der Waals surface area (Å²) in [7, 11) is 0. The summed E-state index contributed by atoms with van der Waals surface area (Å²) >= 11 is 0. The molecule has 166 valence electrons. The van der Waals surface area contributed by atoms with Crippen molar-refractivity contribution in [2.24, 2.45) is 10.9 Å². The van der Waals surface area contributed by atoms with Gasteiger partial charge in [-0.3, -0.25) is 9.89 Å². The first-order valence-electron chi connectivity index (χ1n) is 10.8. The van der Waals surface area contributed by atoms with E-state index in [1.165, 1.54) is 12.8 Å². The average Bonchev–Trinajstić information content (AvgIpc) is 3.55. The average molecular weight is 528 g/mol. The molecule has 2 aliphatic heterocycles. The first kappa shape index (κ1) is 23.1. The van der Waals surface area contributed by atoms with Crippen LogP contribution in [0.25, 0.3) is 0 Å². The van der Waals surface area contributed by atoms with Crippen molar-refractivity contribution in [3.63, 3.8) is 0 Å². The van der Waals surface area contributed by atoms with Crippen molar-refractivity contribution in [1.82, 2.24) is 15.5 Å². The Morgan fingerprint density at radius 2 is 1.97 bits per heavy atom. The lowest BCUT2D eigenvalue weighted by molar-refractivity contribution is 0.186. The lowest BCUT2D eigenvalue weighted by Crippen LogP contribution is -2.41. The van der Waals surface area contributed by atoms with E-state index in [4.69, 9.17) is 18.6 Å². The molecule has 0 spiro atoms. The quantitative estimate of drug-likeness (QED) is 0.295. The van der Waals surface area contributed by atoms with Crippen LogP contribution in [0.5, 0.6) is 0 Å². The van der Waals surface area contributed by atoms with E-state index in [-0.39, 0.29) is 30.0 Å². The van der Waals surface area contributed by atoms with Crippen LogP contribution in [0.1, 0.15) is 36.8 Å². The third-order valence-electron chi connectivity index (χ3n) is 5.70. The lowest BCUT2D eigenvalue weighted by atomic mass is 10.1. The molecule has 0 amide bonds. The molecule has 2 aromatic heterocycles. The van der Waals surface area contributed by atoms with Crippen molar-refractivity contribution in [3.8, 4) is 0 Å². The monoisotopic (exact) mass is 528 g/mol. The number of nitrogens with one attached hydrogen (secondary N) is 2. The Bertz CT molecular complexity index is 724. The van der Waals surface area contributed by atoms with Crippen LogP contribution in [-0.4, -0.2) is 56.8 Å². The Hall–Kier alpha value is -1.52. The highest BCUT2D eigenvalue weighted by molar-refractivity contribution is 14.0. The van der Waals surface area contributed by atoms with E-state index in [0.29, 0.717) is 12.5 Å². The second kappa shape index (κ2) is 12.4. The number of aliphatic imine (C=N–C) groups is 1. The molecule has 0 bridgehead atoms. The van der Waals surface area contributed by atoms with Gasteiger partial charge in [0.1, 0.15) is 11.5 Å². The molecule has 2 aliphatic rings. The molecule has 2 N–H and O–H groups in total. The number of hydrogen-bond donors (Lipinski definition) is 2. The van der Waals surface area contributed by atoms with Gasteiger partial charge in [-0.25, -0.2) is 0 Å². The maximum atomic E-state index is 5.73. The molecule has 7 nitrogen and oxygen atoms in total. The molecule has 8 heteroatoms. The highest BCUT2D eigenvalue weighted by Gasteiger charge is 2.25. The topological polar surface area (TPSA) is 75.2 Å². The number of nitrogens with zero attached hydrogens (tertiary/aromatic N) is 2. The maximum absolute atomic E-state index is 5.73. The van der Waals surface area contributed by atoms with Gasteiger partial charge in [-0.1, -0.05) is 0 Å². The summed E-state index contributed by atoms with van der Waals surface area (Å²) in [6.07, 6.45) is 7.89. The zero-order valence-corrected chi connectivity index (χ0v) is 19.8. The molecule has 2 saturated heterocycles. The fraction of sp³-hybridized carbons (Fsp3) is 0.591. The number of halogens is 1. The summed E-state index contributed by atoms with van der Waals surface area (Å²) in [5, 5.41) is 6.97. The van der Waals surface area contributed by atoms with Crippen molar-refractivity contribution in [2.75, 3.05) is 45.9 Å². The van der Waals surface area contributed by atoms with Crippen LogP contribution >= 0.6 is 24.0 Å². The van der Waals surface area contributed by atoms with Crippen LogP contribution in [0.4, 0.5) is 0 Å². The molecule has 0 aliphatic carbocycles. The third-order valence-corrected chi connectivity index (χ3v) is 5.70. The molecule has 2 fully saturated rings. The van der Waals surface area contributed by atoms with Crippen molar-refractivity contribution in [1.29, 1.82) is 0 Å². The predicted molar refractivity (Wildman–Crippen MR) is 127 cm³/mol. The van der Waals surface area contributed by atoms with Gasteiger partial charge < -0.3 is 24.2 Å². The summed E-state index contributed by atoms with van der Waals surface area (Å²) in [4.78, 5) is 7.41. The minimum absolute atomic E-state index is 0. The molecule has 0 aromatic carbocycles. The minimum Gasteiger partial charge on any atom is -0.469 e. The summed E-state index contributed by atoms with van der Waals surface area (Å²) < 4.78 is 16.7. The number of hydrogen-bond acceptors (Lipinski definition) is 5. The predicted octanol–water partition coefficient (Wildman–Crippen LogP) is 3.44. The summed E-state index contributed by atoms with van der Waals surface area (Å²) in [5.41, 5.74) is 0. The molecular weight excluding hydrogens is 495 g/mol. The first-order chi connectivity index (χ1) is 14.4. The van der Waals surface area contributed by atoms with Gasteiger partial charge in [0, 0.05) is 32.0 Å². The maximum Gasteiger partial charge on any atom is 0.191 e. The van der Waals surface area contributed by atoms with Crippen molar-refractivity contribution < 1.29 is 13.6 Å². The second-order valence-corrected chi connectivity index (χ2v) is 7.83. The van der Waals surface area contributed by atoms with Crippen LogP contribution in [0.15, 0.2) is 50.6 Å². The fourth-order valence-electron chi connectivity index (χ4n) is 4.02. The van der Waals surface area contributed by atoms with Gasteiger partial charge in [0.15, 0.2) is 5.96 Å².